The van der Waals surface area contributed by atoms with Gasteiger partial charge in [-0.15, -0.1) is 0 Å². The Kier molecular flexibility index (Phi) is 4.35. The first-order chi connectivity index (χ1) is 9.61. The maximum atomic E-state index is 13.2. The van der Waals surface area contributed by atoms with E-state index in [9.17, 15) is 14.3 Å². The highest BCUT2D eigenvalue weighted by molar-refractivity contribution is 6.06. The van der Waals surface area contributed by atoms with Crippen LogP contribution < -0.4 is 5.32 Å². The van der Waals surface area contributed by atoms with Gasteiger partial charge < -0.3 is 10.4 Å². The molecule has 0 aliphatic rings. The largest absolute Gasteiger partial charge is 0.507 e. The molecule has 0 saturated carbocycles. The molecule has 0 radical (unpaired) electrons. The molecule has 0 saturated heterocycles. The quantitative estimate of drug-likeness (QED) is 0.891. The molecule has 1 amide bonds. The van der Waals surface area contributed by atoms with Gasteiger partial charge in [0, 0.05) is 5.69 Å². The number of phenolic OH excluding ortho intramolecular Hbond substituents is 1. The van der Waals surface area contributed by atoms with E-state index in [1.54, 1.807) is 6.07 Å². The summed E-state index contributed by atoms with van der Waals surface area (Å²) >= 11 is 0. The summed E-state index contributed by atoms with van der Waals surface area (Å²) in [5, 5.41) is 12.3. The van der Waals surface area contributed by atoms with E-state index >= 15 is 0 Å². The predicted octanol–water partition coefficient (Wildman–Crippen LogP) is 3.74. The minimum Gasteiger partial charge on any atom is -0.507 e. The molecule has 0 aliphatic carbocycles. The number of anilines is 1. The minimum absolute atomic E-state index is 0.0729. The Morgan fingerprint density at radius 3 is 2.75 bits per heavy atom. The minimum atomic E-state index is -0.560. The Morgan fingerprint density at radius 1 is 1.25 bits per heavy atom. The summed E-state index contributed by atoms with van der Waals surface area (Å²) < 4.78 is 13.2. The molecule has 2 aromatic carbocycles. The molecule has 0 heterocycles. The zero-order valence-electron chi connectivity index (χ0n) is 11.2. The molecule has 104 valence electrons. The van der Waals surface area contributed by atoms with Crippen LogP contribution in [0.2, 0.25) is 0 Å². The third-order valence-corrected chi connectivity index (χ3v) is 2.99. The maximum absolute atomic E-state index is 13.2. The molecule has 0 atom stereocenters. The second-order valence-electron chi connectivity index (χ2n) is 4.52. The molecular weight excluding hydrogens is 257 g/mol. The first-order valence-corrected chi connectivity index (χ1v) is 6.49. The normalized spacial score (nSPS) is 10.3. The lowest BCUT2D eigenvalue weighted by Crippen LogP contribution is -2.13. The number of carbonyl (C=O) groups is 1. The second-order valence-corrected chi connectivity index (χ2v) is 4.52. The summed E-state index contributed by atoms with van der Waals surface area (Å²) in [7, 11) is 0. The fraction of sp³-hybridized carbons (Fsp3) is 0.188. The summed E-state index contributed by atoms with van der Waals surface area (Å²) in [5.41, 5.74) is 1.62. The van der Waals surface area contributed by atoms with Crippen molar-refractivity contribution in [2.45, 2.75) is 19.8 Å². The Hall–Kier alpha value is -2.36. The van der Waals surface area contributed by atoms with E-state index in [-0.39, 0.29) is 11.3 Å². The Labute approximate surface area is 117 Å². The third-order valence-electron chi connectivity index (χ3n) is 2.99. The maximum Gasteiger partial charge on any atom is 0.259 e. The first-order valence-electron chi connectivity index (χ1n) is 6.49. The summed E-state index contributed by atoms with van der Waals surface area (Å²) in [4.78, 5) is 12.1. The molecule has 4 heteroatoms. The van der Waals surface area contributed by atoms with Crippen LogP contribution in [0, 0.1) is 5.82 Å². The molecule has 0 unspecified atom stereocenters. The van der Waals surface area contributed by atoms with E-state index in [1.807, 2.05) is 18.2 Å². The van der Waals surface area contributed by atoms with Crippen LogP contribution in [-0.4, -0.2) is 11.0 Å². The van der Waals surface area contributed by atoms with Gasteiger partial charge in [-0.05, 0) is 36.2 Å². The third kappa shape index (κ3) is 3.15. The number of hydrogen-bond acceptors (Lipinski definition) is 2. The molecule has 2 rings (SSSR count). The van der Waals surface area contributed by atoms with Crippen LogP contribution in [0.5, 0.6) is 5.75 Å². The standard InChI is InChI=1S/C16H16FNO2/c1-2-5-11-6-3-4-7-14(11)18-16(20)13-10-12(17)8-9-15(13)19/h3-4,6-10,19H,2,5H2,1H3,(H,18,20). The number of aromatic hydroxyl groups is 1. The van der Waals surface area contributed by atoms with Gasteiger partial charge in [0.2, 0.25) is 0 Å². The summed E-state index contributed by atoms with van der Waals surface area (Å²) in [6.45, 7) is 2.05. The van der Waals surface area contributed by atoms with Crippen LogP contribution in [0.3, 0.4) is 0 Å². The number of carbonyl (C=O) groups excluding carboxylic acids is 1. The van der Waals surface area contributed by atoms with E-state index in [0.717, 1.165) is 30.5 Å². The smallest absolute Gasteiger partial charge is 0.259 e. The second kappa shape index (κ2) is 6.19. The molecule has 0 spiro atoms. The fourth-order valence-corrected chi connectivity index (χ4v) is 2.01. The SMILES string of the molecule is CCCc1ccccc1NC(=O)c1cc(F)ccc1O. The number of hydrogen-bond donors (Lipinski definition) is 2. The number of nitrogens with one attached hydrogen (secondary N) is 1. The Morgan fingerprint density at radius 2 is 2.00 bits per heavy atom. The highest BCUT2D eigenvalue weighted by Gasteiger charge is 2.13. The number of amides is 1. The van der Waals surface area contributed by atoms with E-state index < -0.39 is 11.7 Å². The molecule has 3 nitrogen and oxygen atoms in total. The van der Waals surface area contributed by atoms with Gasteiger partial charge in [-0.3, -0.25) is 4.79 Å². The van der Waals surface area contributed by atoms with Gasteiger partial charge in [0.15, 0.2) is 0 Å². The average molecular weight is 273 g/mol. The monoisotopic (exact) mass is 273 g/mol. The van der Waals surface area contributed by atoms with E-state index in [2.05, 4.69) is 12.2 Å². The molecule has 2 N–H and O–H groups in total. The molecule has 20 heavy (non-hydrogen) atoms. The van der Waals surface area contributed by atoms with Crippen molar-refractivity contribution in [2.24, 2.45) is 0 Å². The summed E-state index contributed by atoms with van der Waals surface area (Å²) in [6, 6.07) is 10.7. The molecular formula is C16H16FNO2. The van der Waals surface area contributed by atoms with Crippen LogP contribution in [0.4, 0.5) is 10.1 Å². The molecule has 0 bridgehead atoms. The van der Waals surface area contributed by atoms with E-state index in [1.165, 1.54) is 6.07 Å². The van der Waals surface area contributed by atoms with Gasteiger partial charge in [0.1, 0.15) is 11.6 Å². The number of halogens is 1. The molecule has 0 fully saturated rings. The van der Waals surface area contributed by atoms with Gasteiger partial charge in [-0.1, -0.05) is 31.5 Å². The fourth-order valence-electron chi connectivity index (χ4n) is 2.01. The topological polar surface area (TPSA) is 49.3 Å². The average Bonchev–Trinajstić information content (AvgIpc) is 2.44. The molecule has 0 aliphatic heterocycles. The Bertz CT molecular complexity index is 626. The van der Waals surface area contributed by atoms with E-state index in [0.29, 0.717) is 5.69 Å². The van der Waals surface area contributed by atoms with Crippen molar-refractivity contribution in [1.82, 2.24) is 0 Å². The summed E-state index contributed by atoms with van der Waals surface area (Å²) in [5.74, 6) is -1.32. The number of para-hydroxylation sites is 1. The lowest BCUT2D eigenvalue weighted by molar-refractivity contribution is 0.102. The van der Waals surface area contributed by atoms with Crippen molar-refractivity contribution < 1.29 is 14.3 Å². The van der Waals surface area contributed by atoms with Gasteiger partial charge in [-0.2, -0.15) is 0 Å². The Balaban J connectivity index is 2.26. The number of aryl methyl sites for hydroxylation is 1. The number of phenols is 1. The zero-order valence-corrected chi connectivity index (χ0v) is 11.2. The van der Waals surface area contributed by atoms with Crippen LogP contribution in [0.1, 0.15) is 29.3 Å². The highest BCUT2D eigenvalue weighted by Crippen LogP contribution is 2.22. The van der Waals surface area contributed by atoms with Crippen molar-refractivity contribution in [2.75, 3.05) is 5.32 Å². The first kappa shape index (κ1) is 14.1. The van der Waals surface area contributed by atoms with E-state index in [4.69, 9.17) is 0 Å². The van der Waals surface area contributed by atoms with Crippen LogP contribution in [0.25, 0.3) is 0 Å². The van der Waals surface area contributed by atoms with Crippen molar-refractivity contribution in [1.29, 1.82) is 0 Å². The zero-order chi connectivity index (χ0) is 14.5. The lowest BCUT2D eigenvalue weighted by Gasteiger charge is -2.11. The predicted molar refractivity (Wildman–Crippen MR) is 76.5 cm³/mol. The molecule has 2 aromatic rings. The van der Waals surface area contributed by atoms with Crippen molar-refractivity contribution in [3.63, 3.8) is 0 Å². The van der Waals surface area contributed by atoms with Crippen molar-refractivity contribution >= 4 is 11.6 Å². The van der Waals surface area contributed by atoms with Gasteiger partial charge in [-0.25, -0.2) is 4.39 Å². The van der Waals surface area contributed by atoms with Gasteiger partial charge >= 0.3 is 0 Å². The van der Waals surface area contributed by atoms with Crippen LogP contribution >= 0.6 is 0 Å². The highest BCUT2D eigenvalue weighted by atomic mass is 19.1. The lowest BCUT2D eigenvalue weighted by atomic mass is 10.1. The summed E-state index contributed by atoms with van der Waals surface area (Å²) in [6.07, 6.45) is 1.80. The number of benzene rings is 2. The van der Waals surface area contributed by atoms with Crippen LogP contribution in [0.15, 0.2) is 42.5 Å². The van der Waals surface area contributed by atoms with Gasteiger partial charge in [0.25, 0.3) is 5.91 Å². The van der Waals surface area contributed by atoms with Gasteiger partial charge in [0.05, 0.1) is 5.56 Å². The molecule has 0 aromatic heterocycles. The van der Waals surface area contributed by atoms with Crippen molar-refractivity contribution in [3.05, 3.63) is 59.4 Å². The number of rotatable bonds is 4. The van der Waals surface area contributed by atoms with Crippen molar-refractivity contribution in [3.8, 4) is 5.75 Å². The van der Waals surface area contributed by atoms with Crippen LogP contribution in [-0.2, 0) is 6.42 Å².